The molecule has 0 atom stereocenters. The number of nitrogens with zero attached hydrogens (tertiary/aromatic N) is 2. The molecular weight excluding hydrogens is 266 g/mol. The summed E-state index contributed by atoms with van der Waals surface area (Å²) in [6.07, 6.45) is 3.41. The van der Waals surface area contributed by atoms with Crippen LogP contribution in [0.4, 0.5) is 4.79 Å². The Morgan fingerprint density at radius 1 is 1.38 bits per heavy atom. The summed E-state index contributed by atoms with van der Waals surface area (Å²) in [7, 11) is 0. The molecule has 2 rings (SSSR count). The van der Waals surface area contributed by atoms with Crippen LogP contribution >= 0.6 is 0 Å². The van der Waals surface area contributed by atoms with Gasteiger partial charge in [0, 0.05) is 12.2 Å². The van der Waals surface area contributed by atoms with E-state index in [0.29, 0.717) is 6.54 Å². The normalized spacial score (nSPS) is 16.5. The van der Waals surface area contributed by atoms with Crippen molar-refractivity contribution in [3.8, 4) is 0 Å². The summed E-state index contributed by atoms with van der Waals surface area (Å²) in [6.45, 7) is 8.06. The fourth-order valence-electron chi connectivity index (χ4n) is 2.45. The predicted octanol–water partition coefficient (Wildman–Crippen LogP) is 2.57. The zero-order valence-electron chi connectivity index (χ0n) is 13.1. The third-order valence-electron chi connectivity index (χ3n) is 3.44. The summed E-state index contributed by atoms with van der Waals surface area (Å²) in [5.41, 5.74) is 0.411. The van der Waals surface area contributed by atoms with Crippen molar-refractivity contribution in [1.29, 1.82) is 0 Å². The zero-order chi connectivity index (χ0) is 15.3. The van der Waals surface area contributed by atoms with E-state index in [1.165, 1.54) is 0 Å². The SMILES string of the molecule is CC(C)(C)OC(=O)N(Cc1ccccn1)C1CCNCC1. The highest BCUT2D eigenvalue weighted by Gasteiger charge is 2.29. The zero-order valence-corrected chi connectivity index (χ0v) is 13.1. The van der Waals surface area contributed by atoms with Crippen molar-refractivity contribution in [2.24, 2.45) is 0 Å². The molecule has 116 valence electrons. The summed E-state index contributed by atoms with van der Waals surface area (Å²) < 4.78 is 5.56. The molecule has 2 heterocycles. The van der Waals surface area contributed by atoms with E-state index in [0.717, 1.165) is 31.6 Å². The lowest BCUT2D eigenvalue weighted by Gasteiger charge is -2.35. The third kappa shape index (κ3) is 5.01. The van der Waals surface area contributed by atoms with Gasteiger partial charge in [-0.25, -0.2) is 4.79 Å². The molecular formula is C16H25N3O2. The minimum Gasteiger partial charge on any atom is -0.444 e. The summed E-state index contributed by atoms with van der Waals surface area (Å²) in [5.74, 6) is 0. The monoisotopic (exact) mass is 291 g/mol. The molecule has 0 unspecified atom stereocenters. The maximum atomic E-state index is 12.5. The Morgan fingerprint density at radius 2 is 2.10 bits per heavy atom. The van der Waals surface area contributed by atoms with E-state index in [2.05, 4.69) is 10.3 Å². The summed E-state index contributed by atoms with van der Waals surface area (Å²) in [6, 6.07) is 5.98. The first-order chi connectivity index (χ1) is 9.96. The number of aromatic nitrogens is 1. The van der Waals surface area contributed by atoms with Crippen LogP contribution in [0.25, 0.3) is 0 Å². The van der Waals surface area contributed by atoms with Crippen molar-refractivity contribution in [1.82, 2.24) is 15.2 Å². The fraction of sp³-hybridized carbons (Fsp3) is 0.625. The molecule has 0 bridgehead atoms. The topological polar surface area (TPSA) is 54.5 Å². The van der Waals surface area contributed by atoms with Crippen molar-refractivity contribution >= 4 is 6.09 Å². The molecule has 1 aliphatic heterocycles. The summed E-state index contributed by atoms with van der Waals surface area (Å²) in [4.78, 5) is 18.7. The second-order valence-electron chi connectivity index (χ2n) is 6.41. The molecule has 1 fully saturated rings. The van der Waals surface area contributed by atoms with Crippen LogP contribution in [-0.2, 0) is 11.3 Å². The van der Waals surface area contributed by atoms with Crippen LogP contribution in [0.5, 0.6) is 0 Å². The number of rotatable bonds is 3. The van der Waals surface area contributed by atoms with Gasteiger partial charge >= 0.3 is 6.09 Å². The van der Waals surface area contributed by atoms with E-state index in [-0.39, 0.29) is 12.1 Å². The van der Waals surface area contributed by atoms with Crippen molar-refractivity contribution in [2.45, 2.75) is 51.8 Å². The Kier molecular flexibility index (Phi) is 5.17. The van der Waals surface area contributed by atoms with Crippen LogP contribution in [0, 0.1) is 0 Å². The molecule has 1 N–H and O–H groups in total. The molecule has 0 saturated carbocycles. The lowest BCUT2D eigenvalue weighted by Crippen LogP contribution is -2.47. The highest BCUT2D eigenvalue weighted by Crippen LogP contribution is 2.19. The largest absolute Gasteiger partial charge is 0.444 e. The van der Waals surface area contributed by atoms with E-state index >= 15 is 0 Å². The van der Waals surface area contributed by atoms with Gasteiger partial charge in [-0.05, 0) is 58.8 Å². The molecule has 5 nitrogen and oxygen atoms in total. The quantitative estimate of drug-likeness (QED) is 0.930. The van der Waals surface area contributed by atoms with Crippen molar-refractivity contribution in [3.63, 3.8) is 0 Å². The van der Waals surface area contributed by atoms with Gasteiger partial charge in [-0.1, -0.05) is 6.07 Å². The van der Waals surface area contributed by atoms with E-state index in [9.17, 15) is 4.79 Å². The van der Waals surface area contributed by atoms with Gasteiger partial charge in [0.2, 0.25) is 0 Å². The minimum atomic E-state index is -0.480. The van der Waals surface area contributed by atoms with Crippen molar-refractivity contribution in [2.75, 3.05) is 13.1 Å². The van der Waals surface area contributed by atoms with E-state index < -0.39 is 5.60 Å². The van der Waals surface area contributed by atoms with Gasteiger partial charge in [-0.15, -0.1) is 0 Å². The number of carbonyl (C=O) groups is 1. The maximum Gasteiger partial charge on any atom is 0.410 e. The number of amides is 1. The third-order valence-corrected chi connectivity index (χ3v) is 3.44. The molecule has 5 heteroatoms. The fourth-order valence-corrected chi connectivity index (χ4v) is 2.45. The Morgan fingerprint density at radius 3 is 2.67 bits per heavy atom. The van der Waals surface area contributed by atoms with Gasteiger partial charge in [0.25, 0.3) is 0 Å². The molecule has 21 heavy (non-hydrogen) atoms. The van der Waals surface area contributed by atoms with Gasteiger partial charge in [0.1, 0.15) is 5.60 Å². The van der Waals surface area contributed by atoms with E-state index in [1.807, 2.05) is 43.9 Å². The van der Waals surface area contributed by atoms with Crippen LogP contribution in [-0.4, -0.2) is 40.7 Å². The number of hydrogen-bond acceptors (Lipinski definition) is 4. The Bertz CT molecular complexity index is 450. The molecule has 1 aromatic heterocycles. The average Bonchev–Trinajstić information content (AvgIpc) is 2.45. The number of hydrogen-bond donors (Lipinski definition) is 1. The number of nitrogens with one attached hydrogen (secondary N) is 1. The smallest absolute Gasteiger partial charge is 0.410 e. The Labute approximate surface area is 126 Å². The summed E-state index contributed by atoms with van der Waals surface area (Å²) >= 11 is 0. The molecule has 0 aliphatic carbocycles. The van der Waals surface area contributed by atoms with Crippen LogP contribution in [0.15, 0.2) is 24.4 Å². The minimum absolute atomic E-state index is 0.211. The van der Waals surface area contributed by atoms with Gasteiger partial charge in [0.15, 0.2) is 0 Å². The van der Waals surface area contributed by atoms with Crippen LogP contribution < -0.4 is 5.32 Å². The molecule has 1 aromatic rings. The predicted molar refractivity (Wildman–Crippen MR) is 81.9 cm³/mol. The Balaban J connectivity index is 2.11. The number of pyridine rings is 1. The molecule has 1 aliphatic rings. The van der Waals surface area contributed by atoms with Gasteiger partial charge < -0.3 is 10.1 Å². The first-order valence-electron chi connectivity index (χ1n) is 7.56. The molecule has 1 amide bonds. The van der Waals surface area contributed by atoms with Gasteiger partial charge in [-0.3, -0.25) is 9.88 Å². The second kappa shape index (κ2) is 6.89. The second-order valence-corrected chi connectivity index (χ2v) is 6.41. The average molecular weight is 291 g/mol. The number of ether oxygens (including phenoxy) is 1. The highest BCUT2D eigenvalue weighted by molar-refractivity contribution is 5.68. The molecule has 1 saturated heterocycles. The van der Waals surface area contributed by atoms with Gasteiger partial charge in [0.05, 0.1) is 12.2 Å². The van der Waals surface area contributed by atoms with Crippen LogP contribution in [0.3, 0.4) is 0 Å². The Hall–Kier alpha value is -1.62. The van der Waals surface area contributed by atoms with E-state index in [1.54, 1.807) is 6.20 Å². The summed E-state index contributed by atoms with van der Waals surface area (Å²) in [5, 5.41) is 3.33. The molecule has 0 aromatic carbocycles. The van der Waals surface area contributed by atoms with Crippen molar-refractivity contribution < 1.29 is 9.53 Å². The number of carbonyl (C=O) groups excluding carboxylic acids is 1. The maximum absolute atomic E-state index is 12.5. The van der Waals surface area contributed by atoms with Crippen molar-refractivity contribution in [3.05, 3.63) is 30.1 Å². The molecule has 0 radical (unpaired) electrons. The van der Waals surface area contributed by atoms with Crippen LogP contribution in [0.2, 0.25) is 0 Å². The van der Waals surface area contributed by atoms with Gasteiger partial charge in [-0.2, -0.15) is 0 Å². The first-order valence-corrected chi connectivity index (χ1v) is 7.56. The van der Waals surface area contributed by atoms with E-state index in [4.69, 9.17) is 4.74 Å². The standard InChI is InChI=1S/C16H25N3O2/c1-16(2,3)21-15(20)19(14-7-10-17-11-8-14)12-13-6-4-5-9-18-13/h4-6,9,14,17H,7-8,10-12H2,1-3H3. The lowest BCUT2D eigenvalue weighted by atomic mass is 10.0. The highest BCUT2D eigenvalue weighted by atomic mass is 16.6. The first kappa shape index (κ1) is 15.8. The van der Waals surface area contributed by atoms with Crippen LogP contribution in [0.1, 0.15) is 39.3 Å². The lowest BCUT2D eigenvalue weighted by molar-refractivity contribution is 0.0104. The number of piperidine rings is 1. The molecule has 0 spiro atoms.